The summed E-state index contributed by atoms with van der Waals surface area (Å²) >= 11 is 0. The minimum atomic E-state index is -3.48. The van der Waals surface area contributed by atoms with Crippen molar-refractivity contribution in [3.8, 4) is 5.75 Å². The molecule has 7 nitrogen and oxygen atoms in total. The van der Waals surface area contributed by atoms with E-state index in [2.05, 4.69) is 5.32 Å². The third-order valence-electron chi connectivity index (χ3n) is 5.57. The Balaban J connectivity index is 1.58. The van der Waals surface area contributed by atoms with Crippen molar-refractivity contribution in [2.75, 3.05) is 33.3 Å². The zero-order valence-electron chi connectivity index (χ0n) is 16.6. The van der Waals surface area contributed by atoms with Gasteiger partial charge in [0, 0.05) is 32.7 Å². The first-order chi connectivity index (χ1) is 13.5. The molecule has 0 bridgehead atoms. The molecule has 3 rings (SSSR count). The number of nitrogens with zero attached hydrogens (tertiary/aromatic N) is 2. The molecule has 0 aliphatic carbocycles. The topological polar surface area (TPSA) is 79.0 Å². The number of hydrogen-bond acceptors (Lipinski definition) is 4. The minimum absolute atomic E-state index is 0.0846. The molecule has 2 saturated heterocycles. The van der Waals surface area contributed by atoms with Crippen molar-refractivity contribution in [3.63, 3.8) is 0 Å². The molecular weight excluding hydrogens is 378 g/mol. The quantitative estimate of drug-likeness (QED) is 0.781. The molecule has 0 aromatic heterocycles. The first kappa shape index (κ1) is 21.1. The fraction of sp³-hybridized carbons (Fsp3) is 0.650. The number of hydrogen-bond donors (Lipinski definition) is 1. The fourth-order valence-corrected chi connectivity index (χ4v) is 5.69. The molecule has 0 radical (unpaired) electrons. The number of rotatable bonds is 6. The van der Waals surface area contributed by atoms with Crippen molar-refractivity contribution >= 4 is 16.1 Å². The van der Waals surface area contributed by atoms with Crippen molar-refractivity contribution in [1.29, 1.82) is 0 Å². The molecule has 28 heavy (non-hydrogen) atoms. The van der Waals surface area contributed by atoms with Crippen molar-refractivity contribution in [2.24, 2.45) is 5.92 Å². The lowest BCUT2D eigenvalue weighted by atomic mass is 9.99. The minimum Gasteiger partial charge on any atom is -0.497 e. The van der Waals surface area contributed by atoms with Crippen LogP contribution >= 0.6 is 0 Å². The van der Waals surface area contributed by atoms with Crippen LogP contribution in [0.25, 0.3) is 0 Å². The smallest absolute Gasteiger partial charge is 0.281 e. The van der Waals surface area contributed by atoms with Crippen molar-refractivity contribution in [2.45, 2.75) is 45.1 Å². The van der Waals surface area contributed by atoms with Gasteiger partial charge in [-0.25, -0.2) is 0 Å². The maximum atomic E-state index is 13.0. The number of piperidine rings is 1. The Hall–Kier alpha value is -1.64. The zero-order chi connectivity index (χ0) is 20.0. The highest BCUT2D eigenvalue weighted by Gasteiger charge is 2.35. The highest BCUT2D eigenvalue weighted by molar-refractivity contribution is 7.86. The van der Waals surface area contributed by atoms with Gasteiger partial charge in [-0.2, -0.15) is 17.0 Å². The summed E-state index contributed by atoms with van der Waals surface area (Å²) in [5.41, 5.74) is 0.956. The third kappa shape index (κ3) is 5.24. The van der Waals surface area contributed by atoms with Crippen LogP contribution in [0.15, 0.2) is 24.3 Å². The number of ether oxygens (including phenoxy) is 1. The zero-order valence-corrected chi connectivity index (χ0v) is 17.4. The summed E-state index contributed by atoms with van der Waals surface area (Å²) in [6.45, 7) is 2.35. The lowest BCUT2D eigenvalue weighted by molar-refractivity contribution is -0.126. The number of nitrogens with one attached hydrogen (secondary N) is 1. The van der Waals surface area contributed by atoms with E-state index in [9.17, 15) is 13.2 Å². The molecular formula is C20H31N3O4S. The van der Waals surface area contributed by atoms with E-state index in [1.54, 1.807) is 11.4 Å². The van der Waals surface area contributed by atoms with Crippen LogP contribution in [0, 0.1) is 5.92 Å². The summed E-state index contributed by atoms with van der Waals surface area (Å²) in [5, 5.41) is 2.95. The second-order valence-corrected chi connectivity index (χ2v) is 9.52. The Morgan fingerprint density at radius 2 is 1.82 bits per heavy atom. The third-order valence-corrected chi connectivity index (χ3v) is 7.58. The normalized spacial score (nSPS) is 22.4. The van der Waals surface area contributed by atoms with Gasteiger partial charge < -0.3 is 10.1 Å². The summed E-state index contributed by atoms with van der Waals surface area (Å²) in [4.78, 5) is 12.7. The maximum absolute atomic E-state index is 13.0. The predicted octanol–water partition coefficient (Wildman–Crippen LogP) is 2.14. The van der Waals surface area contributed by atoms with Gasteiger partial charge in [0.05, 0.1) is 13.0 Å². The van der Waals surface area contributed by atoms with Gasteiger partial charge in [0.25, 0.3) is 10.2 Å². The highest BCUT2D eigenvalue weighted by Crippen LogP contribution is 2.23. The van der Waals surface area contributed by atoms with E-state index in [1.807, 2.05) is 24.3 Å². The molecule has 1 atom stereocenters. The van der Waals surface area contributed by atoms with Crippen molar-refractivity contribution < 1.29 is 17.9 Å². The van der Waals surface area contributed by atoms with Crippen LogP contribution in [0.4, 0.5) is 0 Å². The first-order valence-corrected chi connectivity index (χ1v) is 11.6. The summed E-state index contributed by atoms with van der Waals surface area (Å²) in [6.07, 6.45) is 5.43. The molecule has 2 aliphatic heterocycles. The summed E-state index contributed by atoms with van der Waals surface area (Å²) in [5.74, 6) is 0.360. The van der Waals surface area contributed by atoms with Gasteiger partial charge in [-0.15, -0.1) is 0 Å². The molecule has 1 amide bonds. The molecule has 8 heteroatoms. The Morgan fingerprint density at radius 1 is 1.11 bits per heavy atom. The number of carbonyl (C=O) groups excluding carboxylic acids is 1. The average Bonchev–Trinajstić information content (AvgIpc) is 3.02. The molecule has 1 aromatic carbocycles. The summed E-state index contributed by atoms with van der Waals surface area (Å²) < 4.78 is 34.4. The Labute approximate surface area is 168 Å². The van der Waals surface area contributed by atoms with E-state index in [-0.39, 0.29) is 18.4 Å². The summed E-state index contributed by atoms with van der Waals surface area (Å²) in [7, 11) is -1.87. The molecule has 1 aromatic rings. The van der Waals surface area contributed by atoms with Crippen molar-refractivity contribution in [1.82, 2.24) is 13.9 Å². The largest absolute Gasteiger partial charge is 0.497 e. The van der Waals surface area contributed by atoms with E-state index < -0.39 is 10.2 Å². The van der Waals surface area contributed by atoms with Gasteiger partial charge in [-0.05, 0) is 43.4 Å². The lowest BCUT2D eigenvalue weighted by Gasteiger charge is -2.34. The standard InChI is InChI=1S/C20H31N3O4S/c1-27-19-10-6-8-17(14-19)15-21-20(24)18-9-7-13-23(16-18)28(25,26)22-11-4-2-3-5-12-22/h6,8,10,14,18H,2-5,7,9,11-13,15-16H2,1H3,(H,21,24). The van der Waals surface area contributed by atoms with E-state index in [0.717, 1.165) is 43.4 Å². The molecule has 0 saturated carbocycles. The second-order valence-electron chi connectivity index (χ2n) is 7.59. The van der Waals surface area contributed by atoms with Crippen molar-refractivity contribution in [3.05, 3.63) is 29.8 Å². The van der Waals surface area contributed by atoms with Gasteiger partial charge in [-0.3, -0.25) is 4.79 Å². The maximum Gasteiger partial charge on any atom is 0.281 e. The molecule has 2 heterocycles. The number of benzene rings is 1. The fourth-order valence-electron chi connectivity index (χ4n) is 3.92. The monoisotopic (exact) mass is 409 g/mol. The van der Waals surface area contributed by atoms with E-state index in [1.165, 1.54) is 4.31 Å². The van der Waals surface area contributed by atoms with Crippen LogP contribution in [0.1, 0.15) is 44.1 Å². The second kappa shape index (κ2) is 9.71. The Kier molecular flexibility index (Phi) is 7.31. The van der Waals surface area contributed by atoms with Crippen LogP contribution in [0.5, 0.6) is 5.75 Å². The predicted molar refractivity (Wildman–Crippen MR) is 108 cm³/mol. The molecule has 156 valence electrons. The van der Waals surface area contributed by atoms with Gasteiger partial charge in [-0.1, -0.05) is 25.0 Å². The molecule has 0 spiro atoms. The lowest BCUT2D eigenvalue weighted by Crippen LogP contribution is -2.50. The van der Waals surface area contributed by atoms with E-state index >= 15 is 0 Å². The average molecular weight is 410 g/mol. The Bertz CT molecular complexity index is 760. The van der Waals surface area contributed by atoms with Crippen LogP contribution in [0.3, 0.4) is 0 Å². The molecule has 1 N–H and O–H groups in total. The molecule has 2 aliphatic rings. The van der Waals surface area contributed by atoms with Crippen LogP contribution in [-0.2, 0) is 21.5 Å². The van der Waals surface area contributed by atoms with Crippen LogP contribution < -0.4 is 10.1 Å². The van der Waals surface area contributed by atoms with Crippen LogP contribution in [0.2, 0.25) is 0 Å². The number of carbonyl (C=O) groups is 1. The van der Waals surface area contributed by atoms with Gasteiger partial charge >= 0.3 is 0 Å². The first-order valence-electron chi connectivity index (χ1n) is 10.2. The van der Waals surface area contributed by atoms with E-state index in [0.29, 0.717) is 32.6 Å². The summed E-state index contributed by atoms with van der Waals surface area (Å²) in [6, 6.07) is 7.56. The Morgan fingerprint density at radius 3 is 2.54 bits per heavy atom. The van der Waals surface area contributed by atoms with E-state index in [4.69, 9.17) is 4.74 Å². The van der Waals surface area contributed by atoms with Crippen LogP contribution in [-0.4, -0.2) is 56.2 Å². The number of amides is 1. The number of methoxy groups -OCH3 is 1. The van der Waals surface area contributed by atoms with Gasteiger partial charge in [0.1, 0.15) is 5.75 Å². The highest BCUT2D eigenvalue weighted by atomic mass is 32.2. The molecule has 1 unspecified atom stereocenters. The van der Waals surface area contributed by atoms with Gasteiger partial charge in [0.15, 0.2) is 0 Å². The van der Waals surface area contributed by atoms with Gasteiger partial charge in [0.2, 0.25) is 5.91 Å². The molecule has 2 fully saturated rings. The SMILES string of the molecule is COc1cccc(CNC(=O)C2CCCN(S(=O)(=O)N3CCCCCC3)C2)c1.